The van der Waals surface area contributed by atoms with E-state index in [0.29, 0.717) is 12.2 Å². The van der Waals surface area contributed by atoms with Gasteiger partial charge in [-0.3, -0.25) is 14.5 Å². The van der Waals surface area contributed by atoms with E-state index in [9.17, 15) is 14.0 Å². The van der Waals surface area contributed by atoms with E-state index in [-0.39, 0.29) is 18.2 Å². The van der Waals surface area contributed by atoms with E-state index < -0.39 is 11.9 Å². The number of rotatable bonds is 4. The summed E-state index contributed by atoms with van der Waals surface area (Å²) >= 11 is 0. The molecule has 1 atom stereocenters. The van der Waals surface area contributed by atoms with Gasteiger partial charge in [-0.2, -0.15) is 0 Å². The van der Waals surface area contributed by atoms with E-state index >= 15 is 0 Å². The van der Waals surface area contributed by atoms with Gasteiger partial charge in [0.1, 0.15) is 5.82 Å². The monoisotopic (exact) mass is 262 g/mol. The first-order valence-electron chi connectivity index (χ1n) is 5.98. The molecule has 1 heterocycles. The quantitative estimate of drug-likeness (QED) is 0.611. The first-order valence-corrected chi connectivity index (χ1v) is 5.98. The third-order valence-corrected chi connectivity index (χ3v) is 3.16. The van der Waals surface area contributed by atoms with Crippen LogP contribution in [0.3, 0.4) is 0 Å². The van der Waals surface area contributed by atoms with Crippen molar-refractivity contribution in [2.24, 2.45) is 0 Å². The fourth-order valence-corrected chi connectivity index (χ4v) is 2.15. The summed E-state index contributed by atoms with van der Waals surface area (Å²) in [6.07, 6.45) is 1.82. The predicted molar refractivity (Wildman–Crippen MR) is 70.1 cm³/mol. The number of hydrogen-bond acceptors (Lipinski definition) is 3. The molecule has 1 aliphatic rings. The number of hydrogen-bond donors (Lipinski definition) is 0. The van der Waals surface area contributed by atoms with Crippen LogP contribution in [0.5, 0.6) is 0 Å². The average Bonchev–Trinajstić information content (AvgIpc) is 2.67. The molecule has 4 nitrogen and oxygen atoms in total. The van der Waals surface area contributed by atoms with E-state index in [0.717, 1.165) is 4.90 Å². The molecule has 1 saturated heterocycles. The van der Waals surface area contributed by atoms with Crippen molar-refractivity contribution < 1.29 is 14.0 Å². The summed E-state index contributed by atoms with van der Waals surface area (Å²) in [5, 5.41) is 0. The third kappa shape index (κ3) is 2.56. The molecule has 0 spiro atoms. The topological polar surface area (TPSA) is 40.6 Å². The van der Waals surface area contributed by atoms with Gasteiger partial charge in [0.25, 0.3) is 5.91 Å². The molecule has 19 heavy (non-hydrogen) atoms. The first kappa shape index (κ1) is 13.4. The molecule has 5 heteroatoms. The SMILES string of the molecule is C=CCN(C)[C@@H]1CC(=O)N(c2ccc(F)cc2)C1=O. The molecule has 0 unspecified atom stereocenters. The predicted octanol–water partition coefficient (Wildman–Crippen LogP) is 1.58. The number of nitrogens with zero attached hydrogens (tertiary/aromatic N) is 2. The second-order valence-corrected chi connectivity index (χ2v) is 4.49. The summed E-state index contributed by atoms with van der Waals surface area (Å²) in [5.41, 5.74) is 0.408. The standard InChI is InChI=1S/C14H15FN2O2/c1-3-8-16(2)12-9-13(18)17(14(12)19)11-6-4-10(15)5-7-11/h3-7,12H,1,8-9H2,2H3/t12-/m1/s1. The Hall–Kier alpha value is -2.01. The molecule has 1 aromatic carbocycles. The van der Waals surface area contributed by atoms with Crippen LogP contribution in [0.4, 0.5) is 10.1 Å². The molecular weight excluding hydrogens is 247 g/mol. The number of halogens is 1. The largest absolute Gasteiger partial charge is 0.291 e. The van der Waals surface area contributed by atoms with Crippen LogP contribution in [0.25, 0.3) is 0 Å². The highest BCUT2D eigenvalue weighted by atomic mass is 19.1. The summed E-state index contributed by atoms with van der Waals surface area (Å²) in [6.45, 7) is 4.14. The van der Waals surface area contributed by atoms with Gasteiger partial charge in [-0.05, 0) is 31.3 Å². The van der Waals surface area contributed by atoms with E-state index in [1.807, 2.05) is 0 Å². The Kier molecular flexibility index (Phi) is 3.76. The van der Waals surface area contributed by atoms with Crippen LogP contribution in [-0.4, -0.2) is 36.3 Å². The Bertz CT molecular complexity index is 513. The number of likely N-dealkylation sites (N-methyl/N-ethyl adjacent to an activating group) is 1. The lowest BCUT2D eigenvalue weighted by molar-refractivity contribution is -0.122. The molecule has 1 aromatic rings. The van der Waals surface area contributed by atoms with Crippen molar-refractivity contribution in [3.05, 3.63) is 42.7 Å². The molecule has 0 radical (unpaired) electrons. The van der Waals surface area contributed by atoms with Crippen molar-refractivity contribution in [3.8, 4) is 0 Å². The maximum atomic E-state index is 12.9. The van der Waals surface area contributed by atoms with Crippen molar-refractivity contribution in [2.75, 3.05) is 18.5 Å². The molecule has 0 bridgehead atoms. The minimum absolute atomic E-state index is 0.139. The van der Waals surface area contributed by atoms with Crippen molar-refractivity contribution in [2.45, 2.75) is 12.5 Å². The Labute approximate surface area is 111 Å². The number of carbonyl (C=O) groups is 2. The van der Waals surface area contributed by atoms with Gasteiger partial charge in [-0.25, -0.2) is 9.29 Å². The van der Waals surface area contributed by atoms with E-state index in [1.165, 1.54) is 24.3 Å². The Morgan fingerprint density at radius 3 is 2.63 bits per heavy atom. The Morgan fingerprint density at radius 1 is 1.42 bits per heavy atom. The van der Waals surface area contributed by atoms with Crippen molar-refractivity contribution >= 4 is 17.5 Å². The third-order valence-electron chi connectivity index (χ3n) is 3.16. The maximum Gasteiger partial charge on any atom is 0.251 e. The van der Waals surface area contributed by atoms with Gasteiger partial charge in [0, 0.05) is 6.54 Å². The lowest BCUT2D eigenvalue weighted by Crippen LogP contribution is -2.40. The van der Waals surface area contributed by atoms with Crippen LogP contribution in [0, 0.1) is 5.82 Å². The van der Waals surface area contributed by atoms with Gasteiger partial charge in [-0.15, -0.1) is 6.58 Å². The van der Waals surface area contributed by atoms with Crippen LogP contribution in [0.15, 0.2) is 36.9 Å². The average molecular weight is 262 g/mol. The maximum absolute atomic E-state index is 12.9. The summed E-state index contributed by atoms with van der Waals surface area (Å²) in [5.74, 6) is -0.943. The van der Waals surface area contributed by atoms with Crippen molar-refractivity contribution in [3.63, 3.8) is 0 Å². The summed E-state index contributed by atoms with van der Waals surface area (Å²) in [7, 11) is 1.77. The molecule has 0 saturated carbocycles. The minimum atomic E-state index is -0.476. The number of anilines is 1. The van der Waals surface area contributed by atoms with Gasteiger partial charge < -0.3 is 0 Å². The number of benzene rings is 1. The molecule has 0 N–H and O–H groups in total. The lowest BCUT2D eigenvalue weighted by Gasteiger charge is -2.21. The Balaban J connectivity index is 2.23. The van der Waals surface area contributed by atoms with E-state index in [2.05, 4.69) is 6.58 Å². The summed E-state index contributed by atoms with van der Waals surface area (Å²) in [6, 6.07) is 4.85. The molecule has 1 fully saturated rings. The zero-order valence-electron chi connectivity index (χ0n) is 10.7. The van der Waals surface area contributed by atoms with Crippen molar-refractivity contribution in [1.82, 2.24) is 4.90 Å². The highest BCUT2D eigenvalue weighted by Crippen LogP contribution is 2.25. The fourth-order valence-electron chi connectivity index (χ4n) is 2.15. The van der Waals surface area contributed by atoms with E-state index in [4.69, 9.17) is 0 Å². The zero-order valence-corrected chi connectivity index (χ0v) is 10.7. The van der Waals surface area contributed by atoms with Gasteiger partial charge in [0.05, 0.1) is 18.2 Å². The minimum Gasteiger partial charge on any atom is -0.291 e. The van der Waals surface area contributed by atoms with E-state index in [1.54, 1.807) is 18.0 Å². The summed E-state index contributed by atoms with van der Waals surface area (Å²) < 4.78 is 12.9. The van der Waals surface area contributed by atoms with Crippen LogP contribution in [0.1, 0.15) is 6.42 Å². The van der Waals surface area contributed by atoms with Crippen LogP contribution >= 0.6 is 0 Å². The molecule has 0 aliphatic carbocycles. The molecule has 0 aromatic heterocycles. The number of amides is 2. The molecule has 100 valence electrons. The normalized spacial score (nSPS) is 19.3. The van der Waals surface area contributed by atoms with Gasteiger partial charge >= 0.3 is 0 Å². The van der Waals surface area contributed by atoms with Gasteiger partial charge in [0.2, 0.25) is 5.91 Å². The van der Waals surface area contributed by atoms with Crippen LogP contribution < -0.4 is 4.90 Å². The smallest absolute Gasteiger partial charge is 0.251 e. The van der Waals surface area contributed by atoms with Crippen LogP contribution in [-0.2, 0) is 9.59 Å². The second-order valence-electron chi connectivity index (χ2n) is 4.49. The highest BCUT2D eigenvalue weighted by molar-refractivity contribution is 6.22. The Morgan fingerprint density at radius 2 is 2.05 bits per heavy atom. The number of carbonyl (C=O) groups excluding carboxylic acids is 2. The van der Waals surface area contributed by atoms with Crippen molar-refractivity contribution in [1.29, 1.82) is 0 Å². The molecule has 2 rings (SSSR count). The summed E-state index contributed by atoms with van der Waals surface area (Å²) in [4.78, 5) is 27.1. The number of imide groups is 1. The van der Waals surface area contributed by atoms with Crippen LogP contribution in [0.2, 0.25) is 0 Å². The lowest BCUT2D eigenvalue weighted by atomic mass is 10.2. The molecular formula is C14H15FN2O2. The van der Waals surface area contributed by atoms with Gasteiger partial charge in [-0.1, -0.05) is 6.08 Å². The first-order chi connectivity index (χ1) is 9.04. The van der Waals surface area contributed by atoms with Gasteiger partial charge in [0.15, 0.2) is 0 Å². The highest BCUT2D eigenvalue weighted by Gasteiger charge is 2.41. The second kappa shape index (κ2) is 5.32. The molecule has 1 aliphatic heterocycles. The molecule has 2 amide bonds. The zero-order chi connectivity index (χ0) is 14.0. The fraction of sp³-hybridized carbons (Fsp3) is 0.286.